The van der Waals surface area contributed by atoms with Gasteiger partial charge in [-0.25, -0.2) is 8.42 Å². The largest absolute Gasteiger partial charge is 1.00 e. The average molecular weight is 598 g/mol. The second-order valence-corrected chi connectivity index (χ2v) is 10.2. The van der Waals surface area contributed by atoms with Gasteiger partial charge in [0.05, 0.1) is 10.5 Å². The van der Waals surface area contributed by atoms with Crippen molar-refractivity contribution in [3.63, 3.8) is 0 Å². The SMILES string of the molecule is CCN(CC)CCNC(=O)c1ccc(NC(=O)c2cccc(S(=O)(=O)Nc3cccc(C(F)(F)F)c3)c2)cc1.[Cl-]. The highest BCUT2D eigenvalue weighted by atomic mass is 35.5. The van der Waals surface area contributed by atoms with Crippen molar-refractivity contribution in [2.24, 2.45) is 0 Å². The fourth-order valence-corrected chi connectivity index (χ4v) is 4.75. The van der Waals surface area contributed by atoms with Crippen LogP contribution in [0.25, 0.3) is 0 Å². The van der Waals surface area contributed by atoms with E-state index in [4.69, 9.17) is 0 Å². The maximum atomic E-state index is 13.0. The van der Waals surface area contributed by atoms with E-state index in [0.29, 0.717) is 23.9 Å². The summed E-state index contributed by atoms with van der Waals surface area (Å²) >= 11 is 0. The highest BCUT2D eigenvalue weighted by Gasteiger charge is 2.30. The first-order valence-corrected chi connectivity index (χ1v) is 13.6. The topological polar surface area (TPSA) is 108 Å². The molecule has 0 radical (unpaired) electrons. The molecular weight excluding hydrogens is 569 g/mol. The number of amides is 2. The number of benzene rings is 3. The Kier molecular flexibility index (Phi) is 11.5. The summed E-state index contributed by atoms with van der Waals surface area (Å²) in [5.74, 6) is -0.853. The zero-order valence-corrected chi connectivity index (χ0v) is 23.3. The number of nitrogens with one attached hydrogen (secondary N) is 3. The molecule has 0 aromatic heterocycles. The first-order chi connectivity index (χ1) is 18.4. The summed E-state index contributed by atoms with van der Waals surface area (Å²) in [4.78, 5) is 27.0. The maximum absolute atomic E-state index is 13.0. The van der Waals surface area contributed by atoms with E-state index in [1.165, 1.54) is 24.3 Å². The second-order valence-electron chi connectivity index (χ2n) is 8.53. The third-order valence-electron chi connectivity index (χ3n) is 5.86. The van der Waals surface area contributed by atoms with Gasteiger partial charge >= 0.3 is 6.18 Å². The van der Waals surface area contributed by atoms with E-state index in [2.05, 4.69) is 20.3 Å². The van der Waals surface area contributed by atoms with Gasteiger partial charge in [0.2, 0.25) is 0 Å². The number of hydrogen-bond acceptors (Lipinski definition) is 5. The zero-order chi connectivity index (χ0) is 28.6. The number of halogens is 4. The molecule has 8 nitrogen and oxygen atoms in total. The van der Waals surface area contributed by atoms with Gasteiger partial charge in [0.1, 0.15) is 0 Å². The molecule has 40 heavy (non-hydrogen) atoms. The average Bonchev–Trinajstić information content (AvgIpc) is 2.91. The van der Waals surface area contributed by atoms with Gasteiger partial charge < -0.3 is 27.9 Å². The lowest BCUT2D eigenvalue weighted by atomic mass is 10.1. The third-order valence-corrected chi connectivity index (χ3v) is 7.24. The van der Waals surface area contributed by atoms with Crippen molar-refractivity contribution in [3.8, 4) is 0 Å². The van der Waals surface area contributed by atoms with E-state index in [-0.39, 0.29) is 34.5 Å². The van der Waals surface area contributed by atoms with Crippen LogP contribution < -0.4 is 27.8 Å². The predicted octanol–water partition coefficient (Wildman–Crippen LogP) is 1.83. The van der Waals surface area contributed by atoms with Gasteiger partial charge in [-0.2, -0.15) is 13.2 Å². The third kappa shape index (κ3) is 8.97. The molecule has 216 valence electrons. The Bertz CT molecular complexity index is 1410. The molecule has 0 fully saturated rings. The summed E-state index contributed by atoms with van der Waals surface area (Å²) in [5, 5.41) is 5.48. The Morgan fingerprint density at radius 1 is 0.825 bits per heavy atom. The molecule has 0 spiro atoms. The van der Waals surface area contributed by atoms with Crippen molar-refractivity contribution < 1.29 is 43.6 Å². The van der Waals surface area contributed by atoms with Crippen LogP contribution in [0.3, 0.4) is 0 Å². The Morgan fingerprint density at radius 3 is 2.10 bits per heavy atom. The maximum Gasteiger partial charge on any atom is 0.416 e. The number of sulfonamides is 1. The summed E-state index contributed by atoms with van der Waals surface area (Å²) < 4.78 is 66.6. The first-order valence-electron chi connectivity index (χ1n) is 12.1. The summed E-state index contributed by atoms with van der Waals surface area (Å²) in [6.07, 6.45) is -4.63. The molecule has 3 aromatic rings. The van der Waals surface area contributed by atoms with E-state index in [1.54, 1.807) is 24.3 Å². The van der Waals surface area contributed by atoms with Gasteiger partial charge in [-0.1, -0.05) is 26.0 Å². The van der Waals surface area contributed by atoms with E-state index in [9.17, 15) is 31.2 Å². The quantitative estimate of drug-likeness (QED) is 0.313. The van der Waals surface area contributed by atoms with E-state index < -0.39 is 27.7 Å². The fraction of sp³-hybridized carbons (Fsp3) is 0.259. The molecule has 0 aliphatic carbocycles. The Hall–Kier alpha value is -3.61. The van der Waals surface area contributed by atoms with Crippen LogP contribution in [-0.4, -0.2) is 51.3 Å². The van der Waals surface area contributed by atoms with Crippen molar-refractivity contribution in [1.29, 1.82) is 0 Å². The van der Waals surface area contributed by atoms with Crippen molar-refractivity contribution in [1.82, 2.24) is 10.2 Å². The van der Waals surface area contributed by atoms with Crippen LogP contribution in [0.4, 0.5) is 24.5 Å². The summed E-state index contributed by atoms with van der Waals surface area (Å²) in [6, 6.07) is 15.1. The minimum absolute atomic E-state index is 0. The Morgan fingerprint density at radius 2 is 1.48 bits per heavy atom. The lowest BCUT2D eigenvalue weighted by Crippen LogP contribution is -3.00. The van der Waals surface area contributed by atoms with Crippen LogP contribution in [-0.2, 0) is 16.2 Å². The number of hydrogen-bond donors (Lipinski definition) is 3. The van der Waals surface area contributed by atoms with Gasteiger partial charge in [-0.3, -0.25) is 14.3 Å². The molecule has 0 bridgehead atoms. The highest BCUT2D eigenvalue weighted by molar-refractivity contribution is 7.92. The van der Waals surface area contributed by atoms with E-state index in [0.717, 1.165) is 37.8 Å². The normalized spacial score (nSPS) is 11.4. The van der Waals surface area contributed by atoms with E-state index >= 15 is 0 Å². The van der Waals surface area contributed by atoms with Crippen LogP contribution >= 0.6 is 0 Å². The highest BCUT2D eigenvalue weighted by Crippen LogP contribution is 2.31. The van der Waals surface area contributed by atoms with Crippen molar-refractivity contribution in [2.45, 2.75) is 24.9 Å². The molecule has 3 rings (SSSR count). The number of carbonyl (C=O) groups is 2. The summed E-state index contributed by atoms with van der Waals surface area (Å²) in [7, 11) is -4.28. The lowest BCUT2D eigenvalue weighted by molar-refractivity contribution is -0.137. The van der Waals surface area contributed by atoms with Crippen molar-refractivity contribution in [2.75, 3.05) is 36.2 Å². The Labute approximate surface area is 237 Å². The molecule has 0 atom stereocenters. The van der Waals surface area contributed by atoms with Crippen LogP contribution in [0, 0.1) is 0 Å². The monoisotopic (exact) mass is 597 g/mol. The standard InChI is InChI=1S/C27H29F3N4O4S.ClH/c1-3-34(4-2)16-15-31-25(35)19-11-13-22(14-12-19)32-26(36)20-7-5-10-24(17-20)39(37,38)33-23-9-6-8-21(18-23)27(28,29)30;/h5-14,17-18,33H,3-4,15-16H2,1-2H3,(H,31,35)(H,32,36);1H/p-1. The van der Waals surface area contributed by atoms with Crippen molar-refractivity contribution >= 4 is 33.2 Å². The molecule has 0 saturated carbocycles. The first kappa shape index (κ1) is 32.6. The second kappa shape index (κ2) is 14.1. The van der Waals surface area contributed by atoms with Gasteiger partial charge in [0.25, 0.3) is 21.8 Å². The van der Waals surface area contributed by atoms with Gasteiger partial charge in [0, 0.05) is 35.6 Å². The Balaban J connectivity index is 0.00000560. The molecular formula is C27H29ClF3N4O4S-. The molecule has 2 amide bonds. The number of rotatable bonds is 11. The van der Waals surface area contributed by atoms with E-state index in [1.807, 2.05) is 13.8 Å². The number of carbonyl (C=O) groups excluding carboxylic acids is 2. The number of alkyl halides is 3. The lowest BCUT2D eigenvalue weighted by Gasteiger charge is -2.18. The molecule has 13 heteroatoms. The molecule has 3 N–H and O–H groups in total. The minimum Gasteiger partial charge on any atom is -1.00 e. The zero-order valence-electron chi connectivity index (χ0n) is 21.8. The molecule has 3 aromatic carbocycles. The van der Waals surface area contributed by atoms with Gasteiger partial charge in [-0.05, 0) is 73.8 Å². The molecule has 0 heterocycles. The minimum atomic E-state index is -4.63. The predicted molar refractivity (Wildman–Crippen MR) is 143 cm³/mol. The summed E-state index contributed by atoms with van der Waals surface area (Å²) in [5.41, 5.74) is -0.452. The number of nitrogens with zero attached hydrogens (tertiary/aromatic N) is 1. The van der Waals surface area contributed by atoms with Crippen molar-refractivity contribution in [3.05, 3.63) is 89.5 Å². The van der Waals surface area contributed by atoms with Crippen LogP contribution in [0.15, 0.2) is 77.7 Å². The molecule has 0 saturated heterocycles. The van der Waals surface area contributed by atoms with Crippen LogP contribution in [0.1, 0.15) is 40.1 Å². The van der Waals surface area contributed by atoms with Gasteiger partial charge in [-0.15, -0.1) is 0 Å². The van der Waals surface area contributed by atoms with Gasteiger partial charge in [0.15, 0.2) is 0 Å². The van der Waals surface area contributed by atoms with Crippen LogP contribution in [0.5, 0.6) is 0 Å². The summed E-state index contributed by atoms with van der Waals surface area (Å²) in [6.45, 7) is 7.11. The molecule has 0 aliphatic rings. The number of anilines is 2. The smallest absolute Gasteiger partial charge is 0.416 e. The fourth-order valence-electron chi connectivity index (χ4n) is 3.66. The molecule has 0 unspecified atom stereocenters. The molecule has 0 aliphatic heterocycles. The number of likely N-dealkylation sites (N-methyl/N-ethyl adjacent to an activating group) is 1. The van der Waals surface area contributed by atoms with Crippen LogP contribution in [0.2, 0.25) is 0 Å².